The van der Waals surface area contributed by atoms with Gasteiger partial charge in [0.05, 0.1) is 26.4 Å². The summed E-state index contributed by atoms with van der Waals surface area (Å²) in [5, 5.41) is 16.4. The second kappa shape index (κ2) is 10.9. The second-order valence-corrected chi connectivity index (χ2v) is 6.38. The number of nitrogens with one attached hydrogen (secondary N) is 2. The van der Waals surface area contributed by atoms with E-state index in [-0.39, 0.29) is 0 Å². The first-order valence-corrected chi connectivity index (χ1v) is 9.12. The van der Waals surface area contributed by atoms with Gasteiger partial charge in [-0.3, -0.25) is 4.99 Å². The molecule has 0 amide bonds. The summed E-state index contributed by atoms with van der Waals surface area (Å²) in [4.78, 5) is 4.43. The highest BCUT2D eigenvalue weighted by Gasteiger charge is 2.21. The molecule has 6 heteroatoms. The van der Waals surface area contributed by atoms with Crippen molar-refractivity contribution in [2.45, 2.75) is 32.3 Å². The van der Waals surface area contributed by atoms with Crippen molar-refractivity contribution in [2.24, 2.45) is 10.9 Å². The topological polar surface area (TPSA) is 75.1 Å². The Morgan fingerprint density at radius 2 is 2.04 bits per heavy atom. The van der Waals surface area contributed by atoms with E-state index in [1.165, 1.54) is 18.4 Å². The molecule has 0 bridgehead atoms. The van der Waals surface area contributed by atoms with Gasteiger partial charge in [0, 0.05) is 19.7 Å². The first-order chi connectivity index (χ1) is 12.2. The normalized spacial score (nSPS) is 15.7. The number of guanidine groups is 1. The number of aliphatic hydroxyl groups excluding tert-OH is 1. The predicted molar refractivity (Wildman–Crippen MR) is 100 cm³/mol. The molecule has 6 nitrogen and oxygen atoms in total. The van der Waals surface area contributed by atoms with Crippen molar-refractivity contribution in [3.8, 4) is 5.75 Å². The first kappa shape index (κ1) is 19.5. The van der Waals surface area contributed by atoms with Gasteiger partial charge in [0.2, 0.25) is 0 Å². The number of aliphatic imine (C=N–C) groups is 1. The number of benzene rings is 1. The molecule has 1 aromatic rings. The standard InChI is InChI=1S/C19H31N3O3/c1-3-20-19(22-12-17(23)14-25-13-16-4-5-16)21-11-10-15-6-8-18(24-2)9-7-15/h6-9,16-17,23H,3-5,10-14H2,1-2H3,(H2,20,21,22). The summed E-state index contributed by atoms with van der Waals surface area (Å²) in [6.07, 6.45) is 2.85. The van der Waals surface area contributed by atoms with Crippen LogP contribution in [0.15, 0.2) is 29.3 Å². The van der Waals surface area contributed by atoms with Crippen LogP contribution in [0.2, 0.25) is 0 Å². The van der Waals surface area contributed by atoms with Crippen LogP contribution in [0.3, 0.4) is 0 Å². The summed E-state index contributed by atoms with van der Waals surface area (Å²) in [7, 11) is 1.67. The first-order valence-electron chi connectivity index (χ1n) is 9.12. The van der Waals surface area contributed by atoms with Gasteiger partial charge in [0.15, 0.2) is 5.96 Å². The Labute approximate surface area is 150 Å². The minimum absolute atomic E-state index is 0.336. The third-order valence-corrected chi connectivity index (χ3v) is 4.03. The Hall–Kier alpha value is -1.79. The monoisotopic (exact) mass is 349 g/mol. The Morgan fingerprint density at radius 3 is 2.68 bits per heavy atom. The van der Waals surface area contributed by atoms with E-state index in [0.717, 1.165) is 37.8 Å². The molecular weight excluding hydrogens is 318 g/mol. The molecule has 1 unspecified atom stereocenters. The van der Waals surface area contributed by atoms with Crippen LogP contribution in [0, 0.1) is 5.92 Å². The van der Waals surface area contributed by atoms with Gasteiger partial charge in [-0.25, -0.2) is 0 Å². The zero-order chi connectivity index (χ0) is 17.9. The van der Waals surface area contributed by atoms with E-state index < -0.39 is 6.10 Å². The minimum Gasteiger partial charge on any atom is -0.497 e. The highest BCUT2D eigenvalue weighted by Crippen LogP contribution is 2.28. The van der Waals surface area contributed by atoms with Gasteiger partial charge in [0.1, 0.15) is 5.75 Å². The van der Waals surface area contributed by atoms with E-state index in [1.807, 2.05) is 19.1 Å². The van der Waals surface area contributed by atoms with E-state index in [4.69, 9.17) is 9.47 Å². The van der Waals surface area contributed by atoms with Gasteiger partial charge in [0.25, 0.3) is 0 Å². The van der Waals surface area contributed by atoms with Crippen LogP contribution in [-0.4, -0.2) is 57.1 Å². The minimum atomic E-state index is -0.559. The molecule has 0 aromatic heterocycles. The van der Waals surface area contributed by atoms with Gasteiger partial charge < -0.3 is 25.2 Å². The molecule has 0 saturated heterocycles. The Morgan fingerprint density at radius 1 is 1.28 bits per heavy atom. The third-order valence-electron chi connectivity index (χ3n) is 4.03. The van der Waals surface area contributed by atoms with E-state index in [2.05, 4.69) is 27.8 Å². The van der Waals surface area contributed by atoms with Gasteiger partial charge in [-0.2, -0.15) is 0 Å². The number of hydrogen-bond donors (Lipinski definition) is 3. The van der Waals surface area contributed by atoms with Crippen molar-refractivity contribution < 1.29 is 14.6 Å². The van der Waals surface area contributed by atoms with Crippen molar-refractivity contribution >= 4 is 5.96 Å². The van der Waals surface area contributed by atoms with Gasteiger partial charge in [-0.05, 0) is 49.8 Å². The summed E-state index contributed by atoms with van der Waals surface area (Å²) in [5.41, 5.74) is 1.23. The third kappa shape index (κ3) is 8.23. The zero-order valence-corrected chi connectivity index (χ0v) is 15.3. The summed E-state index contributed by atoms with van der Waals surface area (Å²) >= 11 is 0. The van der Waals surface area contributed by atoms with Crippen LogP contribution in [0.5, 0.6) is 5.75 Å². The Bertz CT molecular complexity index is 515. The molecule has 0 heterocycles. The van der Waals surface area contributed by atoms with Gasteiger partial charge in [-0.15, -0.1) is 0 Å². The maximum absolute atomic E-state index is 9.95. The fourth-order valence-electron chi connectivity index (χ4n) is 2.36. The fourth-order valence-corrected chi connectivity index (χ4v) is 2.36. The van der Waals surface area contributed by atoms with Crippen molar-refractivity contribution in [2.75, 3.05) is 40.0 Å². The van der Waals surface area contributed by atoms with Crippen molar-refractivity contribution in [3.05, 3.63) is 29.8 Å². The lowest BCUT2D eigenvalue weighted by molar-refractivity contribution is 0.0368. The smallest absolute Gasteiger partial charge is 0.191 e. The molecule has 0 radical (unpaired) electrons. The number of nitrogens with zero attached hydrogens (tertiary/aromatic N) is 1. The van der Waals surface area contributed by atoms with Crippen LogP contribution in [-0.2, 0) is 11.2 Å². The molecule has 0 aliphatic heterocycles. The van der Waals surface area contributed by atoms with Gasteiger partial charge >= 0.3 is 0 Å². The number of hydrogen-bond acceptors (Lipinski definition) is 4. The number of rotatable bonds is 11. The predicted octanol–water partition coefficient (Wildman–Crippen LogP) is 1.58. The molecular formula is C19H31N3O3. The second-order valence-electron chi connectivity index (χ2n) is 6.38. The summed E-state index contributed by atoms with van der Waals surface area (Å²) in [5.74, 6) is 2.30. The SMILES string of the molecule is CCNC(=NCC(O)COCC1CC1)NCCc1ccc(OC)cc1. The van der Waals surface area contributed by atoms with E-state index in [9.17, 15) is 5.11 Å². The molecule has 140 valence electrons. The molecule has 1 aromatic carbocycles. The maximum Gasteiger partial charge on any atom is 0.191 e. The van der Waals surface area contributed by atoms with Crippen LogP contribution < -0.4 is 15.4 Å². The van der Waals surface area contributed by atoms with Crippen LogP contribution >= 0.6 is 0 Å². The highest BCUT2D eigenvalue weighted by atomic mass is 16.5. The van der Waals surface area contributed by atoms with Crippen LogP contribution in [0.4, 0.5) is 0 Å². The Balaban J connectivity index is 1.68. The molecule has 1 aliphatic rings. The van der Waals surface area contributed by atoms with Crippen molar-refractivity contribution in [1.82, 2.24) is 10.6 Å². The van der Waals surface area contributed by atoms with Crippen molar-refractivity contribution in [3.63, 3.8) is 0 Å². The van der Waals surface area contributed by atoms with Crippen LogP contribution in [0.1, 0.15) is 25.3 Å². The average Bonchev–Trinajstić information content (AvgIpc) is 3.44. The van der Waals surface area contributed by atoms with E-state index >= 15 is 0 Å². The molecule has 1 fully saturated rings. The molecule has 1 aliphatic carbocycles. The van der Waals surface area contributed by atoms with Gasteiger partial charge in [-0.1, -0.05) is 12.1 Å². The molecule has 1 atom stereocenters. The molecule has 1 saturated carbocycles. The molecule has 25 heavy (non-hydrogen) atoms. The number of aliphatic hydroxyl groups is 1. The molecule has 2 rings (SSSR count). The Kier molecular flexibility index (Phi) is 8.55. The quantitative estimate of drug-likeness (QED) is 0.418. The number of ether oxygens (including phenoxy) is 2. The zero-order valence-electron chi connectivity index (χ0n) is 15.3. The summed E-state index contributed by atoms with van der Waals surface area (Å²) in [6.45, 7) is 5.03. The molecule has 3 N–H and O–H groups in total. The maximum atomic E-state index is 9.95. The van der Waals surface area contributed by atoms with Crippen molar-refractivity contribution in [1.29, 1.82) is 0 Å². The molecule has 0 spiro atoms. The largest absolute Gasteiger partial charge is 0.497 e. The summed E-state index contributed by atoms with van der Waals surface area (Å²) in [6, 6.07) is 8.05. The average molecular weight is 349 g/mol. The van der Waals surface area contributed by atoms with E-state index in [1.54, 1.807) is 7.11 Å². The lowest BCUT2D eigenvalue weighted by Crippen LogP contribution is -2.39. The fraction of sp³-hybridized carbons (Fsp3) is 0.632. The lowest BCUT2D eigenvalue weighted by Gasteiger charge is -2.13. The summed E-state index contributed by atoms with van der Waals surface area (Å²) < 4.78 is 10.7. The number of methoxy groups -OCH3 is 1. The van der Waals surface area contributed by atoms with Crippen LogP contribution in [0.25, 0.3) is 0 Å². The lowest BCUT2D eigenvalue weighted by atomic mass is 10.1. The highest BCUT2D eigenvalue weighted by molar-refractivity contribution is 5.79. The van der Waals surface area contributed by atoms with E-state index in [0.29, 0.717) is 19.1 Å².